The summed E-state index contributed by atoms with van der Waals surface area (Å²) in [7, 11) is 3.57. The molecule has 0 aliphatic heterocycles. The van der Waals surface area contributed by atoms with Gasteiger partial charge in [-0.05, 0) is 70.3 Å². The molecule has 5 aromatic carbocycles. The molecule has 0 aromatic heterocycles. The van der Waals surface area contributed by atoms with Gasteiger partial charge in [0.15, 0.2) is 0 Å². The number of amides is 1. The minimum absolute atomic E-state index is 0.0564. The van der Waals surface area contributed by atoms with E-state index in [1.165, 1.54) is 12.1 Å². The largest absolute Gasteiger partial charge is 0.497 e. The van der Waals surface area contributed by atoms with Crippen LogP contribution in [0.5, 0.6) is 5.75 Å². The first kappa shape index (κ1) is 28.8. The summed E-state index contributed by atoms with van der Waals surface area (Å²) in [5, 5.41) is 2.19. The van der Waals surface area contributed by atoms with E-state index in [1.807, 2.05) is 109 Å². The second-order valence-electron chi connectivity index (χ2n) is 10.6. The number of likely N-dealkylation sites (N-methyl/N-ethyl adjacent to an activating group) is 1. The van der Waals surface area contributed by atoms with Crippen LogP contribution in [0.15, 0.2) is 115 Å². The Morgan fingerprint density at radius 3 is 2.10 bits per heavy atom. The Labute approximate surface area is 245 Å². The molecule has 0 N–H and O–H groups in total. The lowest BCUT2D eigenvalue weighted by atomic mass is 10.00. The standard InChI is InChI=1S/C36H34F2N2O2/c1-39(33-14-16-35(42-2)17-15-33)25-34(21-28-19-31(37)23-32(38)20-28)40(24-26-8-4-3-5-9-26)36(41)22-27-12-13-29-10-6-7-11-30(29)18-27/h3-20,23,34H,21-22,24-25H2,1-2H3. The number of carbonyl (C=O) groups excluding carboxylic acids is 1. The lowest BCUT2D eigenvalue weighted by Crippen LogP contribution is -2.47. The lowest BCUT2D eigenvalue weighted by molar-refractivity contribution is -0.133. The smallest absolute Gasteiger partial charge is 0.227 e. The molecule has 1 atom stereocenters. The zero-order valence-corrected chi connectivity index (χ0v) is 23.8. The third kappa shape index (κ3) is 7.32. The first-order valence-corrected chi connectivity index (χ1v) is 14.0. The Hall–Kier alpha value is -4.71. The summed E-state index contributed by atoms with van der Waals surface area (Å²) in [6.45, 7) is 0.812. The summed E-state index contributed by atoms with van der Waals surface area (Å²) in [6, 6.07) is 34.8. The maximum Gasteiger partial charge on any atom is 0.227 e. The van der Waals surface area contributed by atoms with Gasteiger partial charge in [0, 0.05) is 31.9 Å². The first-order chi connectivity index (χ1) is 20.4. The molecule has 1 unspecified atom stereocenters. The second-order valence-corrected chi connectivity index (χ2v) is 10.6. The molecular formula is C36H34F2N2O2. The zero-order valence-electron chi connectivity index (χ0n) is 23.8. The second kappa shape index (κ2) is 13.3. The summed E-state index contributed by atoms with van der Waals surface area (Å²) in [4.78, 5) is 18.1. The molecule has 0 saturated heterocycles. The predicted octanol–water partition coefficient (Wildman–Crippen LogP) is 7.45. The van der Waals surface area contributed by atoms with Crippen molar-refractivity contribution in [3.63, 3.8) is 0 Å². The Bertz CT molecular complexity index is 1620. The number of rotatable bonds is 11. The maximum atomic E-state index is 14.3. The van der Waals surface area contributed by atoms with Gasteiger partial charge in [0.1, 0.15) is 17.4 Å². The van der Waals surface area contributed by atoms with E-state index in [2.05, 4.69) is 4.90 Å². The maximum absolute atomic E-state index is 14.3. The molecule has 0 saturated carbocycles. The van der Waals surface area contributed by atoms with Crippen molar-refractivity contribution in [1.82, 2.24) is 4.90 Å². The van der Waals surface area contributed by atoms with Crippen LogP contribution in [-0.2, 0) is 24.2 Å². The van der Waals surface area contributed by atoms with Gasteiger partial charge < -0.3 is 14.5 Å². The number of halogens is 2. The van der Waals surface area contributed by atoms with E-state index >= 15 is 0 Å². The highest BCUT2D eigenvalue weighted by Gasteiger charge is 2.27. The Kier molecular flexibility index (Phi) is 9.12. The van der Waals surface area contributed by atoms with Gasteiger partial charge in [-0.1, -0.05) is 72.8 Å². The van der Waals surface area contributed by atoms with Gasteiger partial charge in [-0.3, -0.25) is 4.79 Å². The van der Waals surface area contributed by atoms with Gasteiger partial charge >= 0.3 is 0 Å². The normalized spacial score (nSPS) is 11.7. The number of fused-ring (bicyclic) bond motifs is 1. The molecule has 0 heterocycles. The van der Waals surface area contributed by atoms with Gasteiger partial charge in [0.25, 0.3) is 0 Å². The molecule has 0 spiro atoms. The van der Waals surface area contributed by atoms with Gasteiger partial charge in [-0.15, -0.1) is 0 Å². The monoisotopic (exact) mass is 564 g/mol. The van der Waals surface area contributed by atoms with E-state index in [1.54, 1.807) is 7.11 Å². The van der Waals surface area contributed by atoms with Crippen molar-refractivity contribution in [2.75, 3.05) is 25.6 Å². The number of carbonyl (C=O) groups is 1. The topological polar surface area (TPSA) is 32.8 Å². The molecule has 5 rings (SSSR count). The van der Waals surface area contributed by atoms with E-state index < -0.39 is 11.6 Å². The predicted molar refractivity (Wildman–Crippen MR) is 165 cm³/mol. The van der Waals surface area contributed by atoms with Crippen LogP contribution in [-0.4, -0.2) is 37.6 Å². The minimum atomic E-state index is -0.635. The molecular weight excluding hydrogens is 530 g/mol. The molecule has 0 aliphatic rings. The first-order valence-electron chi connectivity index (χ1n) is 14.0. The lowest BCUT2D eigenvalue weighted by Gasteiger charge is -2.36. The fourth-order valence-corrected chi connectivity index (χ4v) is 5.36. The number of methoxy groups -OCH3 is 1. The van der Waals surface area contributed by atoms with E-state index in [0.29, 0.717) is 18.7 Å². The van der Waals surface area contributed by atoms with Crippen molar-refractivity contribution in [2.45, 2.75) is 25.4 Å². The Morgan fingerprint density at radius 1 is 0.738 bits per heavy atom. The number of hydrogen-bond donors (Lipinski definition) is 0. The van der Waals surface area contributed by atoms with Gasteiger partial charge in [-0.25, -0.2) is 8.78 Å². The molecule has 0 bridgehead atoms. The van der Waals surface area contributed by atoms with Crippen molar-refractivity contribution in [3.8, 4) is 5.75 Å². The highest BCUT2D eigenvalue weighted by molar-refractivity contribution is 5.85. The average Bonchev–Trinajstić information content (AvgIpc) is 2.99. The molecule has 0 radical (unpaired) electrons. The van der Waals surface area contributed by atoms with E-state index in [4.69, 9.17) is 4.74 Å². The van der Waals surface area contributed by atoms with Crippen LogP contribution >= 0.6 is 0 Å². The highest BCUT2D eigenvalue weighted by Crippen LogP contribution is 2.23. The van der Waals surface area contributed by atoms with Crippen LogP contribution in [0, 0.1) is 11.6 Å². The summed E-state index contributed by atoms with van der Waals surface area (Å²) >= 11 is 0. The van der Waals surface area contributed by atoms with Crippen molar-refractivity contribution in [2.24, 2.45) is 0 Å². The molecule has 6 heteroatoms. The molecule has 5 aromatic rings. The molecule has 4 nitrogen and oxygen atoms in total. The summed E-state index contributed by atoms with van der Waals surface area (Å²) < 4.78 is 33.8. The van der Waals surface area contributed by atoms with E-state index in [0.717, 1.165) is 39.4 Å². The molecule has 214 valence electrons. The average molecular weight is 565 g/mol. The summed E-state index contributed by atoms with van der Waals surface area (Å²) in [5.41, 5.74) is 3.33. The fourth-order valence-electron chi connectivity index (χ4n) is 5.36. The highest BCUT2D eigenvalue weighted by atomic mass is 19.1. The molecule has 0 aliphatic carbocycles. The van der Waals surface area contributed by atoms with Gasteiger partial charge in [-0.2, -0.15) is 0 Å². The molecule has 42 heavy (non-hydrogen) atoms. The van der Waals surface area contributed by atoms with Gasteiger partial charge in [0.2, 0.25) is 5.91 Å². The van der Waals surface area contributed by atoms with Crippen LogP contribution in [0.25, 0.3) is 10.8 Å². The van der Waals surface area contributed by atoms with Crippen LogP contribution < -0.4 is 9.64 Å². The molecule has 1 amide bonds. The number of benzene rings is 5. The van der Waals surface area contributed by atoms with Crippen LogP contribution in [0.1, 0.15) is 16.7 Å². The third-order valence-corrected chi connectivity index (χ3v) is 7.52. The Morgan fingerprint density at radius 2 is 1.40 bits per heavy atom. The number of ether oxygens (including phenoxy) is 1. The quantitative estimate of drug-likeness (QED) is 0.167. The zero-order chi connectivity index (χ0) is 29.5. The van der Waals surface area contributed by atoms with Crippen molar-refractivity contribution < 1.29 is 18.3 Å². The van der Waals surface area contributed by atoms with E-state index in [-0.39, 0.29) is 24.8 Å². The van der Waals surface area contributed by atoms with Gasteiger partial charge in [0.05, 0.1) is 19.6 Å². The van der Waals surface area contributed by atoms with Crippen molar-refractivity contribution >= 4 is 22.4 Å². The summed E-state index contributed by atoms with van der Waals surface area (Å²) in [6.07, 6.45) is 0.489. The molecule has 0 fully saturated rings. The number of anilines is 1. The fraction of sp³-hybridized carbons (Fsp3) is 0.194. The van der Waals surface area contributed by atoms with Crippen LogP contribution in [0.3, 0.4) is 0 Å². The number of hydrogen-bond acceptors (Lipinski definition) is 3. The Balaban J connectivity index is 1.49. The number of nitrogens with zero attached hydrogens (tertiary/aromatic N) is 2. The SMILES string of the molecule is COc1ccc(N(C)CC(Cc2cc(F)cc(F)c2)N(Cc2ccccc2)C(=O)Cc2ccc3ccccc3c2)cc1. The van der Waals surface area contributed by atoms with Crippen LogP contribution in [0.4, 0.5) is 14.5 Å². The van der Waals surface area contributed by atoms with Crippen LogP contribution in [0.2, 0.25) is 0 Å². The van der Waals surface area contributed by atoms with Crippen molar-refractivity contribution in [3.05, 3.63) is 144 Å². The minimum Gasteiger partial charge on any atom is -0.497 e. The van der Waals surface area contributed by atoms with Crippen molar-refractivity contribution in [1.29, 1.82) is 0 Å². The third-order valence-electron chi connectivity index (χ3n) is 7.52. The summed E-state index contributed by atoms with van der Waals surface area (Å²) in [5.74, 6) is -0.580. The van der Waals surface area contributed by atoms with E-state index in [9.17, 15) is 13.6 Å².